The average Bonchev–Trinajstić information content (AvgIpc) is 3.29. The summed E-state index contributed by atoms with van der Waals surface area (Å²) in [6, 6.07) is 0. The normalized spacial score (nSPS) is 51.9. The fraction of sp³-hybridized carbons (Fsp3) is 0.867. The first-order valence-corrected chi connectivity index (χ1v) is 13.3. The molecule has 0 aromatic heterocycles. The monoisotopic (exact) mass is 408 g/mol. The van der Waals surface area contributed by atoms with E-state index < -0.39 is 0 Å². The summed E-state index contributed by atoms with van der Waals surface area (Å²) >= 11 is 0. The van der Waals surface area contributed by atoms with Crippen molar-refractivity contribution in [2.75, 3.05) is 0 Å². The highest BCUT2D eigenvalue weighted by atomic mass is 14.7. The van der Waals surface area contributed by atoms with Crippen molar-refractivity contribution in [2.24, 2.45) is 57.2 Å². The zero-order chi connectivity index (χ0) is 21.7. The van der Waals surface area contributed by atoms with Crippen LogP contribution in [0, 0.1) is 57.2 Å². The zero-order valence-corrected chi connectivity index (χ0v) is 20.9. The van der Waals surface area contributed by atoms with Gasteiger partial charge in [-0.1, -0.05) is 65.8 Å². The van der Waals surface area contributed by atoms with E-state index in [0.29, 0.717) is 10.8 Å². The molecule has 0 heteroatoms. The van der Waals surface area contributed by atoms with Crippen LogP contribution >= 0.6 is 0 Å². The van der Waals surface area contributed by atoms with Crippen molar-refractivity contribution in [2.45, 2.75) is 106 Å². The predicted octanol–water partition coefficient (Wildman–Crippen LogP) is 8.83. The number of fused-ring (bicyclic) bond motifs is 2. The van der Waals surface area contributed by atoms with Gasteiger partial charge in [-0.3, -0.25) is 0 Å². The second-order valence-corrected chi connectivity index (χ2v) is 14.0. The van der Waals surface area contributed by atoms with Crippen molar-refractivity contribution in [3.05, 3.63) is 24.3 Å². The van der Waals surface area contributed by atoms with Crippen LogP contribution < -0.4 is 0 Å². The van der Waals surface area contributed by atoms with Crippen molar-refractivity contribution < 1.29 is 0 Å². The molecule has 8 atom stereocenters. The Morgan fingerprint density at radius 1 is 0.633 bits per heavy atom. The topological polar surface area (TPSA) is 0 Å². The molecular weight excluding hydrogens is 360 g/mol. The van der Waals surface area contributed by atoms with Crippen molar-refractivity contribution in [1.29, 1.82) is 0 Å². The van der Waals surface area contributed by atoms with Gasteiger partial charge in [0.05, 0.1) is 0 Å². The minimum atomic E-state index is 0.540. The first-order valence-electron chi connectivity index (χ1n) is 13.3. The molecule has 0 aromatic carbocycles. The fourth-order valence-electron chi connectivity index (χ4n) is 10.9. The van der Waals surface area contributed by atoms with E-state index in [0.717, 1.165) is 46.3 Å². The third-order valence-electron chi connectivity index (χ3n) is 12.7. The number of hydrogen-bond donors (Lipinski definition) is 0. The smallest absolute Gasteiger partial charge is 0.0146 e. The molecule has 0 saturated heterocycles. The van der Waals surface area contributed by atoms with Crippen molar-refractivity contribution >= 4 is 0 Å². The predicted molar refractivity (Wildman–Crippen MR) is 129 cm³/mol. The Morgan fingerprint density at radius 3 is 1.37 bits per heavy atom. The van der Waals surface area contributed by atoms with Gasteiger partial charge in [-0.05, 0) is 121 Å². The summed E-state index contributed by atoms with van der Waals surface area (Å²) < 4.78 is 0. The molecule has 6 aliphatic carbocycles. The molecule has 30 heavy (non-hydrogen) atoms. The third kappa shape index (κ3) is 2.52. The maximum Gasteiger partial charge on any atom is -0.0146 e. The standard InChI is InChI=1S/2C15H24/c2*1-10-7-8-15-9-12(10)14(3,4)13(15)6-5-11(15)2/h2*11-13H,1,5-9H2,2-4H3. The highest BCUT2D eigenvalue weighted by molar-refractivity contribution is 5.24. The molecule has 0 nitrogen and oxygen atoms in total. The van der Waals surface area contributed by atoms with Crippen molar-refractivity contribution in [3.8, 4) is 0 Å². The lowest BCUT2D eigenvalue weighted by Gasteiger charge is -2.38. The molecule has 0 aromatic rings. The van der Waals surface area contributed by atoms with Crippen LogP contribution in [0.25, 0.3) is 0 Å². The molecule has 168 valence electrons. The van der Waals surface area contributed by atoms with Crippen LogP contribution in [0.1, 0.15) is 106 Å². The molecule has 6 fully saturated rings. The van der Waals surface area contributed by atoms with Gasteiger partial charge in [0.2, 0.25) is 0 Å². The third-order valence-corrected chi connectivity index (χ3v) is 12.7. The second kappa shape index (κ2) is 6.51. The van der Waals surface area contributed by atoms with Crippen molar-refractivity contribution in [3.63, 3.8) is 0 Å². The Balaban J connectivity index is 0.000000128. The van der Waals surface area contributed by atoms with Gasteiger partial charge in [0.25, 0.3) is 0 Å². The van der Waals surface area contributed by atoms with E-state index in [-0.39, 0.29) is 0 Å². The van der Waals surface area contributed by atoms with Crippen LogP contribution in [0.5, 0.6) is 0 Å². The lowest BCUT2D eigenvalue weighted by Crippen LogP contribution is -2.30. The second-order valence-electron chi connectivity index (χ2n) is 14.0. The highest BCUT2D eigenvalue weighted by Gasteiger charge is 2.64. The van der Waals surface area contributed by atoms with Crippen LogP contribution in [0.3, 0.4) is 0 Å². The summed E-state index contributed by atoms with van der Waals surface area (Å²) in [5.74, 6) is 5.59. The molecule has 4 bridgehead atoms. The van der Waals surface area contributed by atoms with E-state index in [4.69, 9.17) is 0 Å². The lowest BCUT2D eigenvalue weighted by atomic mass is 9.67. The summed E-state index contributed by atoms with van der Waals surface area (Å²) in [5, 5.41) is 0. The van der Waals surface area contributed by atoms with Gasteiger partial charge in [-0.25, -0.2) is 0 Å². The molecule has 0 aliphatic heterocycles. The maximum absolute atomic E-state index is 4.34. The average molecular weight is 409 g/mol. The van der Waals surface area contributed by atoms with E-state index in [2.05, 4.69) is 54.7 Å². The molecule has 0 radical (unpaired) electrons. The zero-order valence-electron chi connectivity index (χ0n) is 20.9. The lowest BCUT2D eigenvalue weighted by molar-refractivity contribution is 0.118. The van der Waals surface area contributed by atoms with Gasteiger partial charge in [-0.15, -0.1) is 0 Å². The molecule has 6 saturated carbocycles. The van der Waals surface area contributed by atoms with E-state index >= 15 is 0 Å². The minimum absolute atomic E-state index is 0.540. The van der Waals surface area contributed by atoms with Gasteiger partial charge in [0, 0.05) is 0 Å². The number of hydrogen-bond acceptors (Lipinski definition) is 0. The van der Waals surface area contributed by atoms with Crippen LogP contribution in [0.2, 0.25) is 0 Å². The Morgan fingerprint density at radius 2 is 1.00 bits per heavy atom. The highest BCUT2D eigenvalue weighted by Crippen LogP contribution is 2.73. The minimum Gasteiger partial charge on any atom is -0.0996 e. The molecular formula is C30H48. The first kappa shape index (κ1) is 21.3. The van der Waals surface area contributed by atoms with Crippen molar-refractivity contribution in [1.82, 2.24) is 0 Å². The molecule has 2 spiro atoms. The van der Waals surface area contributed by atoms with Gasteiger partial charge < -0.3 is 0 Å². The molecule has 8 unspecified atom stereocenters. The molecule has 6 aliphatic rings. The van der Waals surface area contributed by atoms with E-state index in [9.17, 15) is 0 Å². The summed E-state index contributed by atoms with van der Waals surface area (Å²) in [6.07, 6.45) is 14.4. The maximum atomic E-state index is 4.34. The van der Waals surface area contributed by atoms with E-state index in [1.54, 1.807) is 11.1 Å². The SMILES string of the molecule is C=C1CCC23CC1C(C)(C)C2CCC3C.C=C1CCC23CC1C(C)(C)C2CCC3C. The van der Waals surface area contributed by atoms with Gasteiger partial charge in [0.15, 0.2) is 0 Å². The Labute approximate surface area is 187 Å². The van der Waals surface area contributed by atoms with Crippen LogP contribution in [-0.4, -0.2) is 0 Å². The van der Waals surface area contributed by atoms with Gasteiger partial charge in [-0.2, -0.15) is 0 Å². The molecule has 0 N–H and O–H groups in total. The van der Waals surface area contributed by atoms with E-state index in [1.165, 1.54) is 64.2 Å². The summed E-state index contributed by atoms with van der Waals surface area (Å²) in [7, 11) is 0. The van der Waals surface area contributed by atoms with Crippen LogP contribution in [0.4, 0.5) is 0 Å². The summed E-state index contributed by atoms with van der Waals surface area (Å²) in [4.78, 5) is 0. The fourth-order valence-corrected chi connectivity index (χ4v) is 10.9. The van der Waals surface area contributed by atoms with Crippen LogP contribution in [0.15, 0.2) is 24.3 Å². The molecule has 6 rings (SSSR count). The van der Waals surface area contributed by atoms with Gasteiger partial charge >= 0.3 is 0 Å². The van der Waals surface area contributed by atoms with Gasteiger partial charge in [0.1, 0.15) is 0 Å². The Bertz CT molecular complexity index is 688. The summed E-state index contributed by atoms with van der Waals surface area (Å²) in [5.41, 5.74) is 5.64. The Kier molecular flexibility index (Phi) is 4.63. The van der Waals surface area contributed by atoms with Crippen LogP contribution in [-0.2, 0) is 0 Å². The number of allylic oxidation sites excluding steroid dienone is 2. The molecule has 0 heterocycles. The first-order chi connectivity index (χ1) is 14.0. The summed E-state index contributed by atoms with van der Waals surface area (Å²) in [6.45, 7) is 23.7. The van der Waals surface area contributed by atoms with E-state index in [1.807, 2.05) is 0 Å². The largest absolute Gasteiger partial charge is 0.0996 e. The number of rotatable bonds is 0. The quantitative estimate of drug-likeness (QED) is 0.351. The Hall–Kier alpha value is -0.520. The molecule has 0 amide bonds.